The average molecular weight is 248 g/mol. The molecular weight excluding hydrogens is 236 g/mol. The van der Waals surface area contributed by atoms with Gasteiger partial charge < -0.3 is 16.2 Å². The number of nitrogen functional groups attached to an aromatic ring is 1. The quantitative estimate of drug-likeness (QED) is 0.727. The molecule has 0 radical (unpaired) electrons. The number of nitrogens with two attached hydrogens (primary N) is 1. The maximum absolute atomic E-state index is 11.0. The highest BCUT2D eigenvalue weighted by Crippen LogP contribution is 2.24. The van der Waals surface area contributed by atoms with Gasteiger partial charge in [0.1, 0.15) is 0 Å². The maximum atomic E-state index is 11.0. The molecule has 0 bridgehead atoms. The van der Waals surface area contributed by atoms with Crippen LogP contribution in [0.3, 0.4) is 0 Å². The largest absolute Gasteiger partial charge is 0.478 e. The van der Waals surface area contributed by atoms with Gasteiger partial charge in [0, 0.05) is 6.54 Å². The highest BCUT2D eigenvalue weighted by molar-refractivity contribution is 7.07. The summed E-state index contributed by atoms with van der Waals surface area (Å²) in [6, 6.07) is 6.84. The lowest BCUT2D eigenvalue weighted by molar-refractivity contribution is 0.0698. The molecule has 0 saturated carbocycles. The summed E-state index contributed by atoms with van der Waals surface area (Å²) in [5, 5.41) is 16.1. The standard InChI is InChI=1S/C12H12N2O2S/c13-10-3-1-2-9(12(15)16)11(10)14-6-8-4-5-17-7-8/h1-5,7,14H,6,13H2,(H,15,16). The number of carboxylic acid groups (broad SMARTS) is 1. The van der Waals surface area contributed by atoms with Crippen LogP contribution in [0.5, 0.6) is 0 Å². The fourth-order valence-electron chi connectivity index (χ4n) is 1.53. The van der Waals surface area contributed by atoms with Gasteiger partial charge in [-0.2, -0.15) is 11.3 Å². The second kappa shape index (κ2) is 4.88. The van der Waals surface area contributed by atoms with E-state index in [2.05, 4.69) is 5.32 Å². The molecule has 0 unspecified atom stereocenters. The lowest BCUT2D eigenvalue weighted by atomic mass is 10.1. The zero-order valence-corrected chi connectivity index (χ0v) is 9.83. The first-order valence-corrected chi connectivity index (χ1v) is 5.99. The molecule has 0 spiro atoms. The highest BCUT2D eigenvalue weighted by Gasteiger charge is 2.11. The summed E-state index contributed by atoms with van der Waals surface area (Å²) in [5.41, 5.74) is 8.00. The minimum atomic E-state index is -0.981. The monoisotopic (exact) mass is 248 g/mol. The number of hydrogen-bond acceptors (Lipinski definition) is 4. The lowest BCUT2D eigenvalue weighted by Crippen LogP contribution is -2.08. The third-order valence-electron chi connectivity index (χ3n) is 2.38. The molecule has 0 aliphatic rings. The first kappa shape index (κ1) is 11.5. The van der Waals surface area contributed by atoms with Crippen LogP contribution >= 0.6 is 11.3 Å². The summed E-state index contributed by atoms with van der Waals surface area (Å²) in [5.74, 6) is -0.981. The summed E-state index contributed by atoms with van der Waals surface area (Å²) in [4.78, 5) is 11.0. The van der Waals surface area contributed by atoms with Crippen LogP contribution in [0.25, 0.3) is 0 Å². The number of benzene rings is 1. The SMILES string of the molecule is Nc1cccc(C(=O)O)c1NCc1ccsc1. The van der Waals surface area contributed by atoms with Gasteiger partial charge in [-0.05, 0) is 34.5 Å². The van der Waals surface area contributed by atoms with E-state index in [4.69, 9.17) is 10.8 Å². The number of nitrogens with one attached hydrogen (secondary N) is 1. The molecule has 88 valence electrons. The molecule has 0 amide bonds. The van der Waals surface area contributed by atoms with Gasteiger partial charge in [0.2, 0.25) is 0 Å². The first-order chi connectivity index (χ1) is 8.18. The number of para-hydroxylation sites is 1. The number of carbonyl (C=O) groups is 1. The zero-order chi connectivity index (χ0) is 12.3. The maximum Gasteiger partial charge on any atom is 0.337 e. The van der Waals surface area contributed by atoms with Crippen LogP contribution in [0.1, 0.15) is 15.9 Å². The van der Waals surface area contributed by atoms with Crippen LogP contribution in [0, 0.1) is 0 Å². The molecule has 17 heavy (non-hydrogen) atoms. The number of carboxylic acids is 1. The van der Waals surface area contributed by atoms with Crippen molar-refractivity contribution in [1.29, 1.82) is 0 Å². The van der Waals surface area contributed by atoms with E-state index in [9.17, 15) is 4.79 Å². The molecule has 1 aromatic heterocycles. The average Bonchev–Trinajstić information content (AvgIpc) is 2.80. The van der Waals surface area contributed by atoms with Crippen molar-refractivity contribution in [1.82, 2.24) is 0 Å². The van der Waals surface area contributed by atoms with E-state index in [0.717, 1.165) is 5.56 Å². The van der Waals surface area contributed by atoms with E-state index in [1.54, 1.807) is 23.5 Å². The molecule has 0 aliphatic heterocycles. The predicted molar refractivity (Wildman–Crippen MR) is 69.5 cm³/mol. The van der Waals surface area contributed by atoms with Crippen molar-refractivity contribution < 1.29 is 9.90 Å². The van der Waals surface area contributed by atoms with Crippen LogP contribution in [-0.4, -0.2) is 11.1 Å². The van der Waals surface area contributed by atoms with Gasteiger partial charge in [-0.15, -0.1) is 0 Å². The number of aromatic carboxylic acids is 1. The third kappa shape index (κ3) is 2.57. The van der Waals surface area contributed by atoms with E-state index in [0.29, 0.717) is 17.9 Å². The normalized spacial score (nSPS) is 10.1. The van der Waals surface area contributed by atoms with E-state index in [1.807, 2.05) is 16.8 Å². The minimum Gasteiger partial charge on any atom is -0.478 e. The van der Waals surface area contributed by atoms with Crippen molar-refractivity contribution in [3.05, 3.63) is 46.2 Å². The molecule has 0 aliphatic carbocycles. The predicted octanol–water partition coefficient (Wildman–Crippen LogP) is 2.64. The van der Waals surface area contributed by atoms with Crippen LogP contribution in [0.4, 0.5) is 11.4 Å². The number of anilines is 2. The van der Waals surface area contributed by atoms with Crippen LogP contribution in [0.15, 0.2) is 35.0 Å². The second-order valence-corrected chi connectivity index (χ2v) is 4.34. The Morgan fingerprint density at radius 3 is 2.88 bits per heavy atom. The molecule has 2 rings (SSSR count). The Morgan fingerprint density at radius 2 is 2.24 bits per heavy atom. The van der Waals surface area contributed by atoms with E-state index in [-0.39, 0.29) is 5.56 Å². The molecule has 0 saturated heterocycles. The van der Waals surface area contributed by atoms with E-state index in [1.165, 1.54) is 6.07 Å². The molecule has 0 atom stereocenters. The molecule has 0 fully saturated rings. The Kier molecular flexibility index (Phi) is 3.30. The highest BCUT2D eigenvalue weighted by atomic mass is 32.1. The topological polar surface area (TPSA) is 75.4 Å². The van der Waals surface area contributed by atoms with Crippen LogP contribution < -0.4 is 11.1 Å². The molecular formula is C12H12N2O2S. The van der Waals surface area contributed by atoms with Crippen molar-refractivity contribution in [3.8, 4) is 0 Å². The fourth-order valence-corrected chi connectivity index (χ4v) is 2.20. The Bertz CT molecular complexity index is 523. The molecule has 4 N–H and O–H groups in total. The molecule has 4 nitrogen and oxygen atoms in total. The van der Waals surface area contributed by atoms with Gasteiger partial charge in [0.15, 0.2) is 0 Å². The third-order valence-corrected chi connectivity index (χ3v) is 3.11. The summed E-state index contributed by atoms with van der Waals surface area (Å²) >= 11 is 1.60. The Labute approximate surface area is 103 Å². The minimum absolute atomic E-state index is 0.195. The van der Waals surface area contributed by atoms with Crippen molar-refractivity contribution in [3.63, 3.8) is 0 Å². The summed E-state index contributed by atoms with van der Waals surface area (Å²) in [6.45, 7) is 0.567. The van der Waals surface area contributed by atoms with Crippen LogP contribution in [-0.2, 0) is 6.54 Å². The molecule has 1 heterocycles. The Balaban J connectivity index is 2.22. The Morgan fingerprint density at radius 1 is 1.41 bits per heavy atom. The lowest BCUT2D eigenvalue weighted by Gasteiger charge is -2.11. The van der Waals surface area contributed by atoms with Crippen molar-refractivity contribution in [2.45, 2.75) is 6.54 Å². The first-order valence-electron chi connectivity index (χ1n) is 5.05. The summed E-state index contributed by atoms with van der Waals surface area (Å²) in [7, 11) is 0. The second-order valence-electron chi connectivity index (χ2n) is 3.56. The van der Waals surface area contributed by atoms with Gasteiger partial charge in [-0.25, -0.2) is 4.79 Å². The number of hydrogen-bond donors (Lipinski definition) is 3. The van der Waals surface area contributed by atoms with E-state index < -0.39 is 5.97 Å². The molecule has 1 aromatic carbocycles. The summed E-state index contributed by atoms with van der Waals surface area (Å²) < 4.78 is 0. The van der Waals surface area contributed by atoms with Crippen molar-refractivity contribution in [2.24, 2.45) is 0 Å². The van der Waals surface area contributed by atoms with Gasteiger partial charge in [-0.3, -0.25) is 0 Å². The summed E-state index contributed by atoms with van der Waals surface area (Å²) in [6.07, 6.45) is 0. The van der Waals surface area contributed by atoms with Crippen molar-refractivity contribution in [2.75, 3.05) is 11.1 Å². The van der Waals surface area contributed by atoms with Crippen LogP contribution in [0.2, 0.25) is 0 Å². The van der Waals surface area contributed by atoms with Gasteiger partial charge in [0.25, 0.3) is 0 Å². The van der Waals surface area contributed by atoms with Gasteiger partial charge >= 0.3 is 5.97 Å². The van der Waals surface area contributed by atoms with E-state index >= 15 is 0 Å². The smallest absolute Gasteiger partial charge is 0.337 e. The zero-order valence-electron chi connectivity index (χ0n) is 9.01. The van der Waals surface area contributed by atoms with Gasteiger partial charge in [-0.1, -0.05) is 6.07 Å². The number of thiophene rings is 1. The van der Waals surface area contributed by atoms with Crippen molar-refractivity contribution >= 4 is 28.7 Å². The Hall–Kier alpha value is -2.01. The number of rotatable bonds is 4. The molecule has 2 aromatic rings. The molecule has 5 heteroatoms. The fraction of sp³-hybridized carbons (Fsp3) is 0.0833. The van der Waals surface area contributed by atoms with Gasteiger partial charge in [0.05, 0.1) is 16.9 Å².